The third-order valence-corrected chi connectivity index (χ3v) is 3.87. The fraction of sp³-hybridized carbons (Fsp3) is 0.400. The van der Waals surface area contributed by atoms with Gasteiger partial charge in [-0.15, -0.1) is 0 Å². The largest absolute Gasteiger partial charge is 0.380 e. The van der Waals surface area contributed by atoms with Crippen LogP contribution in [0.15, 0.2) is 33.6 Å². The number of hydrogen-bond donors (Lipinski definition) is 1. The minimum atomic E-state index is -3.41. The van der Waals surface area contributed by atoms with E-state index in [9.17, 15) is 8.42 Å². The Kier molecular flexibility index (Phi) is 5.40. The molecule has 90 valence electrons. The lowest BCUT2D eigenvalue weighted by molar-refractivity contribution is 0.153. The molecule has 0 aliphatic rings. The molecule has 0 heterocycles. The molecule has 0 aromatic heterocycles. The first-order valence-electron chi connectivity index (χ1n) is 4.89. The predicted molar refractivity (Wildman–Crippen MR) is 65.8 cm³/mol. The number of rotatable bonds is 6. The van der Waals surface area contributed by atoms with Gasteiger partial charge in [-0.2, -0.15) is 0 Å². The summed E-state index contributed by atoms with van der Waals surface area (Å²) in [6, 6.07) is 6.48. The summed E-state index contributed by atoms with van der Waals surface area (Å²) in [4.78, 5) is 0.257. The molecule has 1 N–H and O–H groups in total. The van der Waals surface area contributed by atoms with Crippen molar-refractivity contribution < 1.29 is 13.2 Å². The minimum absolute atomic E-state index is 0.257. The molecule has 0 unspecified atom stereocenters. The zero-order chi connectivity index (χ0) is 12.0. The van der Waals surface area contributed by atoms with Crippen molar-refractivity contribution in [3.63, 3.8) is 0 Å². The quantitative estimate of drug-likeness (QED) is 0.815. The lowest BCUT2D eigenvalue weighted by Gasteiger charge is -2.06. The number of benzene rings is 1. The standard InChI is InChI=1S/C10H14BrNO3S/c1-2-15-8-7-12-16(13,14)10-5-3-9(11)4-6-10/h3-6,12H,2,7-8H2,1H3. The van der Waals surface area contributed by atoms with E-state index in [1.54, 1.807) is 24.3 Å². The molecule has 0 fully saturated rings. The van der Waals surface area contributed by atoms with Crippen LogP contribution in [0.5, 0.6) is 0 Å². The molecule has 0 bridgehead atoms. The molecule has 0 aliphatic heterocycles. The van der Waals surface area contributed by atoms with Gasteiger partial charge in [-0.1, -0.05) is 15.9 Å². The fourth-order valence-corrected chi connectivity index (χ4v) is 2.37. The van der Waals surface area contributed by atoms with Gasteiger partial charge in [-0.3, -0.25) is 0 Å². The summed E-state index contributed by atoms with van der Waals surface area (Å²) in [5.74, 6) is 0. The average molecular weight is 308 g/mol. The summed E-state index contributed by atoms with van der Waals surface area (Å²) >= 11 is 3.25. The Hall–Kier alpha value is -0.430. The monoisotopic (exact) mass is 307 g/mol. The lowest BCUT2D eigenvalue weighted by atomic mass is 10.4. The van der Waals surface area contributed by atoms with Crippen LogP contribution in [-0.2, 0) is 14.8 Å². The number of hydrogen-bond acceptors (Lipinski definition) is 3. The first kappa shape index (κ1) is 13.6. The van der Waals surface area contributed by atoms with Gasteiger partial charge in [-0.05, 0) is 31.2 Å². The normalized spacial score (nSPS) is 11.6. The van der Waals surface area contributed by atoms with Crippen molar-refractivity contribution in [1.82, 2.24) is 4.72 Å². The number of halogens is 1. The van der Waals surface area contributed by atoms with Crippen LogP contribution in [0.3, 0.4) is 0 Å². The van der Waals surface area contributed by atoms with E-state index < -0.39 is 10.0 Å². The maximum atomic E-state index is 11.7. The van der Waals surface area contributed by atoms with Gasteiger partial charge in [0.25, 0.3) is 0 Å². The molecular weight excluding hydrogens is 294 g/mol. The summed E-state index contributed by atoms with van der Waals surface area (Å²) in [6.07, 6.45) is 0. The van der Waals surface area contributed by atoms with Gasteiger partial charge in [0.1, 0.15) is 0 Å². The summed E-state index contributed by atoms with van der Waals surface area (Å²) < 4.78 is 31.8. The van der Waals surface area contributed by atoms with Gasteiger partial charge >= 0.3 is 0 Å². The molecule has 0 atom stereocenters. The second kappa shape index (κ2) is 6.34. The maximum absolute atomic E-state index is 11.7. The molecule has 1 aromatic rings. The Balaban J connectivity index is 2.60. The van der Waals surface area contributed by atoms with E-state index in [-0.39, 0.29) is 11.4 Å². The zero-order valence-electron chi connectivity index (χ0n) is 8.94. The second-order valence-electron chi connectivity index (χ2n) is 3.05. The van der Waals surface area contributed by atoms with Crippen LogP contribution in [0.4, 0.5) is 0 Å². The Labute approximate surface area is 104 Å². The highest BCUT2D eigenvalue weighted by molar-refractivity contribution is 9.10. The molecule has 0 radical (unpaired) electrons. The number of sulfonamides is 1. The first-order chi connectivity index (χ1) is 7.56. The van der Waals surface area contributed by atoms with E-state index in [1.807, 2.05) is 6.92 Å². The van der Waals surface area contributed by atoms with Crippen molar-refractivity contribution in [3.05, 3.63) is 28.7 Å². The third kappa shape index (κ3) is 4.21. The van der Waals surface area contributed by atoms with Crippen LogP contribution in [0, 0.1) is 0 Å². The van der Waals surface area contributed by atoms with Crippen LogP contribution in [0.25, 0.3) is 0 Å². The van der Waals surface area contributed by atoms with Crippen LogP contribution in [0.1, 0.15) is 6.92 Å². The molecule has 0 saturated carbocycles. The molecule has 1 rings (SSSR count). The Bertz CT molecular complexity index is 416. The van der Waals surface area contributed by atoms with Crippen molar-refractivity contribution in [1.29, 1.82) is 0 Å². The van der Waals surface area contributed by atoms with Crippen molar-refractivity contribution >= 4 is 26.0 Å². The maximum Gasteiger partial charge on any atom is 0.240 e. The van der Waals surface area contributed by atoms with Crippen molar-refractivity contribution in [2.45, 2.75) is 11.8 Å². The predicted octanol–water partition coefficient (Wildman–Crippen LogP) is 1.76. The van der Waals surface area contributed by atoms with E-state index in [4.69, 9.17) is 4.74 Å². The molecule has 0 saturated heterocycles. The van der Waals surface area contributed by atoms with E-state index >= 15 is 0 Å². The second-order valence-corrected chi connectivity index (χ2v) is 5.73. The van der Waals surface area contributed by atoms with Gasteiger partial charge in [0.05, 0.1) is 11.5 Å². The van der Waals surface area contributed by atoms with E-state index in [0.717, 1.165) is 4.47 Å². The van der Waals surface area contributed by atoms with Gasteiger partial charge in [0.15, 0.2) is 0 Å². The lowest BCUT2D eigenvalue weighted by Crippen LogP contribution is -2.27. The highest BCUT2D eigenvalue weighted by atomic mass is 79.9. The summed E-state index contributed by atoms with van der Waals surface area (Å²) in [7, 11) is -3.41. The van der Waals surface area contributed by atoms with Crippen LogP contribution < -0.4 is 4.72 Å². The molecule has 0 spiro atoms. The molecule has 4 nitrogen and oxygen atoms in total. The van der Waals surface area contributed by atoms with Gasteiger partial charge in [0, 0.05) is 17.6 Å². The molecule has 0 amide bonds. The molecule has 0 aliphatic carbocycles. The average Bonchev–Trinajstić information content (AvgIpc) is 2.25. The van der Waals surface area contributed by atoms with Crippen LogP contribution in [0.2, 0.25) is 0 Å². The molecule has 16 heavy (non-hydrogen) atoms. The number of ether oxygens (including phenoxy) is 1. The topological polar surface area (TPSA) is 55.4 Å². The SMILES string of the molecule is CCOCCNS(=O)(=O)c1ccc(Br)cc1. The van der Waals surface area contributed by atoms with Gasteiger partial charge in [0.2, 0.25) is 10.0 Å². The highest BCUT2D eigenvalue weighted by Crippen LogP contribution is 2.14. The zero-order valence-corrected chi connectivity index (χ0v) is 11.3. The van der Waals surface area contributed by atoms with Gasteiger partial charge in [-0.25, -0.2) is 13.1 Å². The van der Waals surface area contributed by atoms with Crippen molar-refractivity contribution in [3.8, 4) is 0 Å². The van der Waals surface area contributed by atoms with Crippen molar-refractivity contribution in [2.75, 3.05) is 19.8 Å². The van der Waals surface area contributed by atoms with E-state index in [1.165, 1.54) is 0 Å². The van der Waals surface area contributed by atoms with Crippen LogP contribution in [-0.4, -0.2) is 28.2 Å². The molecule has 6 heteroatoms. The Morgan fingerprint density at radius 3 is 2.50 bits per heavy atom. The fourth-order valence-electron chi connectivity index (χ4n) is 1.09. The van der Waals surface area contributed by atoms with Gasteiger partial charge < -0.3 is 4.74 Å². The molecule has 1 aromatic carbocycles. The summed E-state index contributed by atoms with van der Waals surface area (Å²) in [5, 5.41) is 0. The van der Waals surface area contributed by atoms with E-state index in [0.29, 0.717) is 13.2 Å². The summed E-state index contributed by atoms with van der Waals surface area (Å²) in [6.45, 7) is 3.11. The van der Waals surface area contributed by atoms with E-state index in [2.05, 4.69) is 20.7 Å². The molecular formula is C10H14BrNO3S. The third-order valence-electron chi connectivity index (χ3n) is 1.87. The minimum Gasteiger partial charge on any atom is -0.380 e. The highest BCUT2D eigenvalue weighted by Gasteiger charge is 2.12. The first-order valence-corrected chi connectivity index (χ1v) is 7.17. The Morgan fingerprint density at radius 2 is 1.94 bits per heavy atom. The van der Waals surface area contributed by atoms with Crippen molar-refractivity contribution in [2.24, 2.45) is 0 Å². The Morgan fingerprint density at radius 1 is 1.31 bits per heavy atom. The smallest absolute Gasteiger partial charge is 0.240 e. The van der Waals surface area contributed by atoms with Crippen LogP contribution >= 0.6 is 15.9 Å². The summed E-state index contributed by atoms with van der Waals surface area (Å²) in [5.41, 5.74) is 0. The number of nitrogens with one attached hydrogen (secondary N) is 1.